The Hall–Kier alpha value is -2.12. The van der Waals surface area contributed by atoms with Gasteiger partial charge in [0.15, 0.2) is 0 Å². The number of ether oxygens (including phenoxy) is 2. The molecule has 0 aromatic heterocycles. The van der Waals surface area contributed by atoms with Crippen molar-refractivity contribution in [1.29, 1.82) is 0 Å². The maximum atomic E-state index is 4.89. The van der Waals surface area contributed by atoms with Crippen LogP contribution in [-0.4, -0.2) is 14.2 Å². The topological polar surface area (TPSA) is 18.5 Å². The van der Waals surface area contributed by atoms with Gasteiger partial charge in [0.25, 0.3) is 0 Å². The average molecular weight is 436 g/mol. The van der Waals surface area contributed by atoms with E-state index in [1.165, 1.54) is 0 Å². The first-order valence-corrected chi connectivity index (χ1v) is 8.30. The third-order valence-electron chi connectivity index (χ3n) is 3.02. The summed E-state index contributed by atoms with van der Waals surface area (Å²) in [6, 6.07) is 20.5. The maximum absolute atomic E-state index is 4.89. The molecule has 2 aliphatic carbocycles. The average Bonchev–Trinajstić information content (AvgIpc) is 3.48. The van der Waals surface area contributed by atoms with Crippen molar-refractivity contribution in [1.82, 2.24) is 0 Å². The molecule has 136 valence electrons. The van der Waals surface area contributed by atoms with Gasteiger partial charge in [0, 0.05) is 11.5 Å². The Morgan fingerprint density at radius 2 is 1.04 bits per heavy atom. The molecule has 0 bridgehead atoms. The number of methoxy groups -OCH3 is 2. The summed E-state index contributed by atoms with van der Waals surface area (Å²) in [6.07, 6.45) is 20.0. The quantitative estimate of drug-likeness (QED) is 0.572. The van der Waals surface area contributed by atoms with Crippen LogP contribution >= 0.6 is 0 Å². The fourth-order valence-corrected chi connectivity index (χ4v) is 1.70. The molecule has 0 saturated heterocycles. The summed E-state index contributed by atoms with van der Waals surface area (Å²) in [7, 11) is 3.30. The van der Waals surface area contributed by atoms with Crippen molar-refractivity contribution in [3.8, 4) is 11.5 Å². The number of rotatable bonds is 2. The second-order valence-electron chi connectivity index (χ2n) is 4.89. The van der Waals surface area contributed by atoms with Crippen molar-refractivity contribution < 1.29 is 35.7 Å². The third kappa shape index (κ3) is 14.7. The van der Waals surface area contributed by atoms with E-state index in [0.717, 1.165) is 24.3 Å². The molecule has 4 rings (SSSR count). The Balaban J connectivity index is 0.000000337. The minimum absolute atomic E-state index is 0. The summed E-state index contributed by atoms with van der Waals surface area (Å²) < 4.78 is 9.79. The molecule has 0 atom stereocenters. The predicted octanol–water partition coefficient (Wildman–Crippen LogP) is 5.60. The number of hydrogen-bond donors (Lipinski definition) is 0. The molecule has 0 spiro atoms. The van der Waals surface area contributed by atoms with Gasteiger partial charge in [0.1, 0.15) is 0 Å². The van der Waals surface area contributed by atoms with Crippen LogP contribution in [0.5, 0.6) is 11.5 Å². The van der Waals surface area contributed by atoms with Gasteiger partial charge >= 0.3 is 26.2 Å². The fourth-order valence-electron chi connectivity index (χ4n) is 1.70. The molecule has 0 radical (unpaired) electrons. The first-order chi connectivity index (χ1) is 12.9. The van der Waals surface area contributed by atoms with Crippen LogP contribution in [0.25, 0.3) is 0 Å². The van der Waals surface area contributed by atoms with Crippen LogP contribution in [-0.2, 0) is 26.2 Å². The van der Waals surface area contributed by atoms with E-state index in [0.29, 0.717) is 0 Å². The van der Waals surface area contributed by atoms with Gasteiger partial charge in [-0.25, -0.2) is 24.3 Å². The molecule has 0 saturated carbocycles. The third-order valence-corrected chi connectivity index (χ3v) is 3.02. The van der Waals surface area contributed by atoms with Crippen molar-refractivity contribution >= 4 is 0 Å². The predicted molar refractivity (Wildman–Crippen MR) is 107 cm³/mol. The van der Waals surface area contributed by atoms with Crippen molar-refractivity contribution in [3.05, 3.63) is 109 Å². The van der Waals surface area contributed by atoms with Crippen molar-refractivity contribution in [2.75, 3.05) is 14.2 Å². The van der Waals surface area contributed by atoms with Crippen LogP contribution in [0.3, 0.4) is 0 Å². The Kier molecular flexibility index (Phi) is 17.2. The van der Waals surface area contributed by atoms with Gasteiger partial charge in [0.2, 0.25) is 0 Å². The van der Waals surface area contributed by atoms with E-state index in [9.17, 15) is 0 Å². The first-order valence-electron chi connectivity index (χ1n) is 8.30. The molecule has 2 aromatic carbocycles. The van der Waals surface area contributed by atoms with Gasteiger partial charge in [0.05, 0.1) is 14.2 Å². The van der Waals surface area contributed by atoms with E-state index in [4.69, 9.17) is 9.47 Å². The largest absolute Gasteiger partial charge is 4.00 e. The van der Waals surface area contributed by atoms with Crippen LogP contribution in [0.1, 0.15) is 12.8 Å². The Bertz CT molecular complexity index is 593. The zero-order valence-electron chi connectivity index (χ0n) is 15.8. The fraction of sp³-hybridized carbons (Fsp3) is 0.167. The van der Waals surface area contributed by atoms with Gasteiger partial charge in [-0.05, 0) is 0 Å². The first kappa shape index (κ1) is 24.9. The standard InChI is InChI=1S/2C7H7O.2C5H5.Zr/c2*1-8-7-5-3-2-4-6-7;2*1-2-4-5-3-1;/h2*3-6H,1H3;2*1-3H,4H2;/q4*-1;+4. The minimum Gasteiger partial charge on any atom is -0.522 e. The maximum Gasteiger partial charge on any atom is 4.00 e. The van der Waals surface area contributed by atoms with E-state index in [1.54, 1.807) is 14.2 Å². The zero-order chi connectivity index (χ0) is 18.7. The van der Waals surface area contributed by atoms with E-state index >= 15 is 0 Å². The summed E-state index contributed by atoms with van der Waals surface area (Å²) in [6.45, 7) is 0. The van der Waals surface area contributed by atoms with Crippen LogP contribution in [0.2, 0.25) is 0 Å². The Morgan fingerprint density at radius 1 is 0.667 bits per heavy atom. The normalized spacial score (nSPS) is 11.6. The second kappa shape index (κ2) is 18.7. The molecule has 2 aromatic rings. The Morgan fingerprint density at radius 3 is 1.19 bits per heavy atom. The van der Waals surface area contributed by atoms with Gasteiger partial charge in [-0.3, -0.25) is 12.2 Å². The molecule has 0 aliphatic heterocycles. The van der Waals surface area contributed by atoms with Crippen LogP contribution in [0.15, 0.2) is 85.0 Å². The molecular weight excluding hydrogens is 411 g/mol. The number of hydrogen-bond acceptors (Lipinski definition) is 2. The Labute approximate surface area is 183 Å². The SMILES string of the molecule is COc1cc[c-]cc1.COc1cc[c-]cc1.[C-]1=CC=CC1.[C-]1=CC=CC1.[Zr+4]. The molecule has 3 heteroatoms. The minimum atomic E-state index is 0. The summed E-state index contributed by atoms with van der Waals surface area (Å²) in [4.78, 5) is 0. The summed E-state index contributed by atoms with van der Waals surface area (Å²) in [5.74, 6) is 1.76. The van der Waals surface area contributed by atoms with Crippen molar-refractivity contribution in [2.24, 2.45) is 0 Å². The summed E-state index contributed by atoms with van der Waals surface area (Å²) >= 11 is 0. The van der Waals surface area contributed by atoms with E-state index in [-0.39, 0.29) is 26.2 Å². The molecule has 0 unspecified atom stereocenters. The van der Waals surface area contributed by atoms with Crippen LogP contribution in [0.4, 0.5) is 0 Å². The molecule has 27 heavy (non-hydrogen) atoms. The van der Waals surface area contributed by atoms with Gasteiger partial charge in [-0.2, -0.15) is 48.6 Å². The molecule has 2 aliphatic rings. The van der Waals surface area contributed by atoms with Crippen molar-refractivity contribution in [2.45, 2.75) is 12.8 Å². The van der Waals surface area contributed by atoms with E-state index in [1.807, 2.05) is 72.8 Å². The number of benzene rings is 2. The second-order valence-corrected chi connectivity index (χ2v) is 4.89. The molecule has 0 heterocycles. The molecule has 0 N–H and O–H groups in total. The molecule has 2 nitrogen and oxygen atoms in total. The van der Waals surface area contributed by atoms with Gasteiger partial charge < -0.3 is 9.47 Å². The summed E-state index contributed by atoms with van der Waals surface area (Å²) in [5.41, 5.74) is 0. The van der Waals surface area contributed by atoms with Crippen LogP contribution in [0, 0.1) is 24.3 Å². The smallest absolute Gasteiger partial charge is 0.522 e. The van der Waals surface area contributed by atoms with Gasteiger partial charge in [-0.1, -0.05) is 0 Å². The number of allylic oxidation sites excluding steroid dienone is 8. The molecule has 0 amide bonds. The van der Waals surface area contributed by atoms with E-state index in [2.05, 4.69) is 36.4 Å². The molecular formula is C24H24O2Zr. The zero-order valence-corrected chi connectivity index (χ0v) is 18.3. The monoisotopic (exact) mass is 434 g/mol. The molecule has 0 fully saturated rings. The van der Waals surface area contributed by atoms with Crippen LogP contribution < -0.4 is 9.47 Å². The van der Waals surface area contributed by atoms with Gasteiger partial charge in [-0.15, -0.1) is 37.1 Å². The van der Waals surface area contributed by atoms with Crippen molar-refractivity contribution in [3.63, 3.8) is 0 Å². The van der Waals surface area contributed by atoms with E-state index < -0.39 is 0 Å². The summed E-state index contributed by atoms with van der Waals surface area (Å²) in [5, 5.41) is 0.